The first kappa shape index (κ1) is 30.9. The van der Waals surface area contributed by atoms with Crippen molar-refractivity contribution in [1.29, 1.82) is 0 Å². The molecule has 0 radical (unpaired) electrons. The minimum Gasteiger partial charge on any atom is -0.460 e. The smallest absolute Gasteiger partial charge is 0.313 e. The van der Waals surface area contributed by atoms with E-state index in [-0.39, 0.29) is 50.5 Å². The number of nitrogens with one attached hydrogen (secondary N) is 1. The number of unbranched alkanes of at least 4 members (excludes halogenated alkanes) is 3. The molecule has 3 amide bonds. The third kappa shape index (κ3) is 5.86. The predicted molar refractivity (Wildman–Crippen MR) is 161 cm³/mol. The number of carbonyl (C=O) groups is 4. The average Bonchev–Trinajstić information content (AvgIpc) is 3.62. The lowest BCUT2D eigenvalue weighted by molar-refractivity contribution is -0.159. The summed E-state index contributed by atoms with van der Waals surface area (Å²) in [6, 6.07) is 6.48. The molecule has 0 aliphatic carbocycles. The fourth-order valence-corrected chi connectivity index (χ4v) is 7.01. The average molecular weight is 621 g/mol. The van der Waals surface area contributed by atoms with E-state index in [1.54, 1.807) is 39.6 Å². The van der Waals surface area contributed by atoms with Crippen molar-refractivity contribution in [3.63, 3.8) is 0 Å². The Morgan fingerprint density at radius 3 is 2.73 bits per heavy atom. The molecule has 13 nitrogen and oxygen atoms in total. The van der Waals surface area contributed by atoms with Crippen LogP contribution in [0.25, 0.3) is 11.0 Å². The van der Waals surface area contributed by atoms with Gasteiger partial charge in [-0.2, -0.15) is 0 Å². The second kappa shape index (κ2) is 13.1. The van der Waals surface area contributed by atoms with E-state index in [2.05, 4.69) is 15.6 Å². The van der Waals surface area contributed by atoms with E-state index in [4.69, 9.17) is 9.47 Å². The number of aromatic nitrogens is 3. The number of amides is 3. The highest BCUT2D eigenvalue weighted by Crippen LogP contribution is 2.53. The van der Waals surface area contributed by atoms with Crippen LogP contribution in [0.5, 0.6) is 0 Å². The zero-order chi connectivity index (χ0) is 31.6. The van der Waals surface area contributed by atoms with Crippen molar-refractivity contribution in [2.24, 2.45) is 11.8 Å². The molecule has 4 aliphatic rings. The van der Waals surface area contributed by atoms with Crippen LogP contribution in [0.2, 0.25) is 0 Å². The second-order valence-corrected chi connectivity index (χ2v) is 12.2. The molecule has 2 fully saturated rings. The maximum absolute atomic E-state index is 14.6. The number of cyclic esters (lactones) is 1. The first-order chi connectivity index (χ1) is 21.8. The van der Waals surface area contributed by atoms with Crippen molar-refractivity contribution in [2.75, 3.05) is 26.2 Å². The molecule has 2 N–H and O–H groups in total. The molecule has 1 spiro atoms. The minimum absolute atomic E-state index is 0.0975. The number of hydrogen-bond acceptors (Lipinski definition) is 9. The fourth-order valence-electron chi connectivity index (χ4n) is 7.01. The van der Waals surface area contributed by atoms with Gasteiger partial charge in [-0.05, 0) is 38.3 Å². The fraction of sp³-hybridized carbons (Fsp3) is 0.562. The Hall–Kier alpha value is -4.10. The monoisotopic (exact) mass is 620 g/mol. The molecule has 6 atom stereocenters. The molecule has 6 rings (SSSR count). The Bertz CT molecular complexity index is 1510. The quantitative estimate of drug-likeness (QED) is 0.252. The molecule has 4 aliphatic heterocycles. The van der Waals surface area contributed by atoms with Crippen molar-refractivity contribution in [1.82, 2.24) is 30.1 Å². The molecule has 2 aromatic rings. The summed E-state index contributed by atoms with van der Waals surface area (Å²) in [7, 11) is 0. The summed E-state index contributed by atoms with van der Waals surface area (Å²) in [5.74, 6) is -3.31. The highest BCUT2D eigenvalue weighted by molar-refractivity contribution is 5.99. The van der Waals surface area contributed by atoms with Gasteiger partial charge >= 0.3 is 5.97 Å². The van der Waals surface area contributed by atoms with Crippen LogP contribution in [0, 0.1) is 11.8 Å². The van der Waals surface area contributed by atoms with Crippen LogP contribution >= 0.6 is 0 Å². The number of benzene rings is 1. The van der Waals surface area contributed by atoms with Gasteiger partial charge in [-0.25, -0.2) is 4.68 Å². The molecule has 45 heavy (non-hydrogen) atoms. The summed E-state index contributed by atoms with van der Waals surface area (Å²) in [6.45, 7) is 2.62. The van der Waals surface area contributed by atoms with Crippen LogP contribution in [0.15, 0.2) is 48.6 Å². The molecule has 13 heteroatoms. The summed E-state index contributed by atoms with van der Waals surface area (Å²) >= 11 is 0. The van der Waals surface area contributed by atoms with E-state index >= 15 is 0 Å². The van der Waals surface area contributed by atoms with E-state index in [0.29, 0.717) is 31.3 Å². The summed E-state index contributed by atoms with van der Waals surface area (Å²) in [5, 5.41) is 20.5. The number of rotatable bonds is 8. The minimum atomic E-state index is -1.39. The van der Waals surface area contributed by atoms with Crippen molar-refractivity contribution in [3.05, 3.63) is 48.6 Å². The van der Waals surface area contributed by atoms with Gasteiger partial charge in [-0.3, -0.25) is 19.2 Å². The lowest BCUT2D eigenvalue weighted by atomic mass is 9.78. The molecular formula is C32H40N6O7. The molecule has 1 aromatic heterocycles. The lowest BCUT2D eigenvalue weighted by Gasteiger charge is -2.35. The van der Waals surface area contributed by atoms with Gasteiger partial charge in [0, 0.05) is 26.1 Å². The van der Waals surface area contributed by atoms with Crippen LogP contribution in [-0.4, -0.2) is 104 Å². The first-order valence-electron chi connectivity index (χ1n) is 15.8. The molecule has 1 aromatic carbocycles. The molecule has 0 unspecified atom stereocenters. The number of aliphatic hydroxyl groups excluding tert-OH is 1. The summed E-state index contributed by atoms with van der Waals surface area (Å²) in [4.78, 5) is 58.2. The lowest BCUT2D eigenvalue weighted by Crippen LogP contribution is -2.55. The van der Waals surface area contributed by atoms with Crippen LogP contribution in [0.4, 0.5) is 0 Å². The SMILES string of the molecule is C[C@H]1CNC(=O)CC/C=C\[C@@H]2O[C@@]34C=CCN(Cn5nnc6ccccc65)C(=O)[C@@H]3N(CCCCCCO)C(=O)[C@H]4[C@@H]2C(=O)O1. The molecule has 240 valence electrons. The Morgan fingerprint density at radius 2 is 1.89 bits per heavy atom. The highest BCUT2D eigenvalue weighted by atomic mass is 16.6. The van der Waals surface area contributed by atoms with Crippen LogP contribution in [0.3, 0.4) is 0 Å². The van der Waals surface area contributed by atoms with E-state index in [1.807, 2.05) is 30.3 Å². The number of para-hydroxylation sites is 1. The van der Waals surface area contributed by atoms with Crippen LogP contribution < -0.4 is 5.32 Å². The predicted octanol–water partition coefficient (Wildman–Crippen LogP) is 1.32. The second-order valence-electron chi connectivity index (χ2n) is 12.2. The Balaban J connectivity index is 1.35. The Morgan fingerprint density at radius 1 is 1.07 bits per heavy atom. The largest absolute Gasteiger partial charge is 0.460 e. The first-order valence-corrected chi connectivity index (χ1v) is 15.8. The Labute approximate surface area is 261 Å². The van der Waals surface area contributed by atoms with Crippen molar-refractivity contribution in [3.8, 4) is 0 Å². The maximum atomic E-state index is 14.6. The van der Waals surface area contributed by atoms with Crippen molar-refractivity contribution < 1.29 is 33.8 Å². The van der Waals surface area contributed by atoms with E-state index in [0.717, 1.165) is 18.4 Å². The topological polar surface area (TPSA) is 156 Å². The number of ether oxygens (including phenoxy) is 2. The number of aliphatic hydroxyl groups is 1. The van der Waals surface area contributed by atoms with Gasteiger partial charge in [-0.15, -0.1) is 5.10 Å². The van der Waals surface area contributed by atoms with E-state index in [1.165, 1.54) is 0 Å². The molecule has 0 bridgehead atoms. The Kier molecular flexibility index (Phi) is 8.99. The summed E-state index contributed by atoms with van der Waals surface area (Å²) < 4.78 is 14.1. The van der Waals surface area contributed by atoms with Gasteiger partial charge in [-0.1, -0.05) is 54.5 Å². The normalized spacial score (nSPS) is 31.0. The number of nitrogens with zero attached hydrogens (tertiary/aromatic N) is 5. The van der Waals surface area contributed by atoms with Crippen LogP contribution in [-0.2, 0) is 35.3 Å². The van der Waals surface area contributed by atoms with Crippen molar-refractivity contribution in [2.45, 2.75) is 76.0 Å². The standard InChI is InChI=1S/C32H40N6O7/c1-21-19-33-25(40)14-7-6-13-24-26(31(43)44-21)27-29(41)37(17-8-2-3-9-18-39)28-30(42)36(16-10-15-32(27,28)45-24)20-38-23-12-5-4-11-22(23)34-35-38/h4-6,10-13,15,21,24,26-28,39H,2-3,7-9,14,16-20H2,1H3,(H,33,40)/b13-6-/t21-,24-,26+,27+,28-,32+/m0/s1. The van der Waals surface area contributed by atoms with E-state index in [9.17, 15) is 24.3 Å². The number of esters is 1. The summed E-state index contributed by atoms with van der Waals surface area (Å²) in [5.41, 5.74) is 0.0887. The molecular weight excluding hydrogens is 580 g/mol. The van der Waals surface area contributed by atoms with Crippen molar-refractivity contribution >= 4 is 34.7 Å². The highest BCUT2D eigenvalue weighted by Gasteiger charge is 2.71. The number of carbonyl (C=O) groups excluding carboxylic acids is 4. The maximum Gasteiger partial charge on any atom is 0.313 e. The summed E-state index contributed by atoms with van der Waals surface area (Å²) in [6.07, 6.45) is 9.26. The van der Waals surface area contributed by atoms with Gasteiger partial charge in [0.1, 0.15) is 35.9 Å². The number of allylic oxidation sites excluding steroid dienone is 1. The third-order valence-corrected chi connectivity index (χ3v) is 9.15. The van der Waals surface area contributed by atoms with Gasteiger partial charge in [0.05, 0.1) is 24.1 Å². The zero-order valence-corrected chi connectivity index (χ0v) is 25.4. The molecule has 2 saturated heterocycles. The van der Waals surface area contributed by atoms with Gasteiger partial charge < -0.3 is 29.7 Å². The van der Waals surface area contributed by atoms with Gasteiger partial charge in [0.25, 0.3) is 5.91 Å². The third-order valence-electron chi connectivity index (χ3n) is 9.15. The molecule has 5 heterocycles. The number of hydrogen-bond donors (Lipinski definition) is 2. The zero-order valence-electron chi connectivity index (χ0n) is 25.4. The molecule has 0 saturated carbocycles. The van der Waals surface area contributed by atoms with Gasteiger partial charge in [0.2, 0.25) is 11.8 Å². The van der Waals surface area contributed by atoms with Gasteiger partial charge in [0.15, 0.2) is 0 Å². The van der Waals surface area contributed by atoms with E-state index < -0.39 is 41.7 Å². The number of likely N-dealkylation sites (tertiary alicyclic amines) is 1. The number of fused-ring (bicyclic) bond motifs is 3. The van der Waals surface area contributed by atoms with Crippen LogP contribution in [0.1, 0.15) is 45.4 Å².